The van der Waals surface area contributed by atoms with E-state index in [9.17, 15) is 0 Å². The van der Waals surface area contributed by atoms with Crippen LogP contribution in [0.2, 0.25) is 0 Å². The van der Waals surface area contributed by atoms with Crippen molar-refractivity contribution in [3.63, 3.8) is 0 Å². The molecule has 0 spiro atoms. The van der Waals surface area contributed by atoms with Crippen LogP contribution in [0.1, 0.15) is 45.6 Å². The van der Waals surface area contributed by atoms with Crippen molar-refractivity contribution in [1.82, 2.24) is 5.32 Å². The highest BCUT2D eigenvalue weighted by atomic mass is 15.2. The van der Waals surface area contributed by atoms with Gasteiger partial charge in [-0.1, -0.05) is 26.0 Å². The second-order valence-electron chi connectivity index (χ2n) is 5.74. The number of hydrogen-bond acceptors (Lipinski definition) is 2. The van der Waals surface area contributed by atoms with Gasteiger partial charge in [0.25, 0.3) is 0 Å². The van der Waals surface area contributed by atoms with Gasteiger partial charge in [-0.25, -0.2) is 0 Å². The fourth-order valence-corrected chi connectivity index (χ4v) is 3.04. The summed E-state index contributed by atoms with van der Waals surface area (Å²) in [6, 6.07) is 10.4. The minimum absolute atomic E-state index is 0.634. The highest BCUT2D eigenvalue weighted by Crippen LogP contribution is 2.25. The van der Waals surface area contributed by atoms with Gasteiger partial charge in [-0.2, -0.15) is 0 Å². The smallest absolute Gasteiger partial charge is 0.0371 e. The molecule has 1 aliphatic heterocycles. The molecule has 1 heterocycles. The summed E-state index contributed by atoms with van der Waals surface area (Å²) in [6.45, 7) is 9.15. The predicted octanol–water partition coefficient (Wildman–Crippen LogP) is 3.61. The number of hydrogen-bond donors (Lipinski definition) is 1. The summed E-state index contributed by atoms with van der Waals surface area (Å²) in [5.74, 6) is 0. The minimum Gasteiger partial charge on any atom is -0.369 e. The van der Waals surface area contributed by atoms with Crippen molar-refractivity contribution in [3.05, 3.63) is 29.8 Å². The van der Waals surface area contributed by atoms with E-state index in [0.717, 1.165) is 13.0 Å². The molecule has 0 amide bonds. The van der Waals surface area contributed by atoms with E-state index >= 15 is 0 Å². The summed E-state index contributed by atoms with van der Waals surface area (Å²) in [5, 5.41) is 3.67. The van der Waals surface area contributed by atoms with Gasteiger partial charge in [0.1, 0.15) is 0 Å². The van der Waals surface area contributed by atoms with E-state index in [4.69, 9.17) is 0 Å². The first-order valence-electron chi connectivity index (χ1n) is 7.83. The van der Waals surface area contributed by atoms with Crippen molar-refractivity contribution in [2.45, 2.75) is 58.5 Å². The molecule has 0 bridgehead atoms. The molecule has 19 heavy (non-hydrogen) atoms. The van der Waals surface area contributed by atoms with E-state index in [-0.39, 0.29) is 0 Å². The van der Waals surface area contributed by atoms with Crippen molar-refractivity contribution in [2.24, 2.45) is 0 Å². The predicted molar refractivity (Wildman–Crippen MR) is 83.9 cm³/mol. The zero-order chi connectivity index (χ0) is 13.7. The van der Waals surface area contributed by atoms with Gasteiger partial charge in [-0.3, -0.25) is 0 Å². The number of nitrogens with one attached hydrogen (secondary N) is 1. The number of piperidine rings is 1. The number of nitrogens with zero attached hydrogens (tertiary/aromatic N) is 1. The van der Waals surface area contributed by atoms with Crippen LogP contribution in [0, 0.1) is 0 Å². The fraction of sp³-hybridized carbons (Fsp3) is 0.647. The quantitative estimate of drug-likeness (QED) is 0.870. The normalized spacial score (nSPS) is 23.6. The van der Waals surface area contributed by atoms with Crippen molar-refractivity contribution >= 4 is 5.69 Å². The summed E-state index contributed by atoms with van der Waals surface area (Å²) >= 11 is 0. The van der Waals surface area contributed by atoms with Crippen LogP contribution in [0.5, 0.6) is 0 Å². The van der Waals surface area contributed by atoms with Crippen molar-refractivity contribution in [3.8, 4) is 0 Å². The number of anilines is 1. The molecule has 2 nitrogen and oxygen atoms in total. The number of rotatable bonds is 5. The molecule has 1 fully saturated rings. The van der Waals surface area contributed by atoms with Crippen LogP contribution in [-0.2, 0) is 6.42 Å². The monoisotopic (exact) mass is 260 g/mol. The zero-order valence-electron chi connectivity index (χ0n) is 12.7. The highest BCUT2D eigenvalue weighted by Gasteiger charge is 2.25. The first-order chi connectivity index (χ1) is 9.24. The Balaban J connectivity index is 1.98. The van der Waals surface area contributed by atoms with Crippen LogP contribution in [-0.4, -0.2) is 25.2 Å². The van der Waals surface area contributed by atoms with Crippen LogP contribution in [0.25, 0.3) is 0 Å². The Morgan fingerprint density at radius 2 is 2.16 bits per heavy atom. The molecule has 2 rings (SSSR count). The third-order valence-electron chi connectivity index (χ3n) is 4.21. The minimum atomic E-state index is 0.634. The molecular formula is C17H28N2. The average Bonchev–Trinajstić information content (AvgIpc) is 2.45. The van der Waals surface area contributed by atoms with Gasteiger partial charge in [0.05, 0.1) is 0 Å². The van der Waals surface area contributed by atoms with Gasteiger partial charge in [-0.15, -0.1) is 0 Å². The SMILES string of the molecule is CCCNC1CCN(c2cccc(CC)c2)C(C)C1. The molecule has 2 atom stereocenters. The largest absolute Gasteiger partial charge is 0.369 e. The molecule has 106 valence electrons. The Kier molecular flexibility index (Phi) is 5.26. The first kappa shape index (κ1) is 14.4. The molecule has 0 radical (unpaired) electrons. The molecule has 1 N–H and O–H groups in total. The molecule has 1 aromatic rings. The lowest BCUT2D eigenvalue weighted by atomic mass is 9.97. The topological polar surface area (TPSA) is 15.3 Å². The van der Waals surface area contributed by atoms with Crippen LogP contribution >= 0.6 is 0 Å². The van der Waals surface area contributed by atoms with E-state index in [1.54, 1.807) is 0 Å². The zero-order valence-corrected chi connectivity index (χ0v) is 12.7. The van der Waals surface area contributed by atoms with Gasteiger partial charge in [0.2, 0.25) is 0 Å². The molecule has 0 aliphatic carbocycles. The van der Waals surface area contributed by atoms with Crippen LogP contribution in [0.15, 0.2) is 24.3 Å². The lowest BCUT2D eigenvalue weighted by Crippen LogP contribution is -2.47. The maximum absolute atomic E-state index is 3.67. The second kappa shape index (κ2) is 6.95. The Hall–Kier alpha value is -1.02. The van der Waals surface area contributed by atoms with Crippen LogP contribution < -0.4 is 10.2 Å². The van der Waals surface area contributed by atoms with Gasteiger partial charge < -0.3 is 10.2 Å². The first-order valence-corrected chi connectivity index (χ1v) is 7.83. The summed E-state index contributed by atoms with van der Waals surface area (Å²) in [7, 11) is 0. The fourth-order valence-electron chi connectivity index (χ4n) is 3.04. The third kappa shape index (κ3) is 3.73. The van der Waals surface area contributed by atoms with Crippen molar-refractivity contribution in [2.75, 3.05) is 18.0 Å². The molecule has 0 aromatic heterocycles. The Bertz CT molecular complexity index is 389. The van der Waals surface area contributed by atoms with Gasteiger partial charge in [0.15, 0.2) is 0 Å². The lowest BCUT2D eigenvalue weighted by Gasteiger charge is -2.40. The Morgan fingerprint density at radius 1 is 1.32 bits per heavy atom. The molecule has 1 aromatic carbocycles. The van der Waals surface area contributed by atoms with Crippen LogP contribution in [0.4, 0.5) is 5.69 Å². The number of benzene rings is 1. The van der Waals surface area contributed by atoms with E-state index in [0.29, 0.717) is 12.1 Å². The molecule has 1 aliphatic rings. The molecule has 0 saturated carbocycles. The average molecular weight is 260 g/mol. The maximum Gasteiger partial charge on any atom is 0.0371 e. The van der Waals surface area contributed by atoms with E-state index in [1.807, 2.05) is 0 Å². The van der Waals surface area contributed by atoms with Crippen molar-refractivity contribution < 1.29 is 0 Å². The Labute approximate surface area is 118 Å². The lowest BCUT2D eigenvalue weighted by molar-refractivity contribution is 0.369. The third-order valence-corrected chi connectivity index (χ3v) is 4.21. The standard InChI is InChI=1S/C17H28N2/c1-4-10-18-16-9-11-19(14(3)12-16)17-8-6-7-15(5-2)13-17/h6-8,13-14,16,18H,4-5,9-12H2,1-3H3. The highest BCUT2D eigenvalue weighted by molar-refractivity contribution is 5.50. The van der Waals surface area contributed by atoms with Gasteiger partial charge in [0, 0.05) is 24.3 Å². The van der Waals surface area contributed by atoms with E-state index < -0.39 is 0 Å². The van der Waals surface area contributed by atoms with Gasteiger partial charge >= 0.3 is 0 Å². The molecular weight excluding hydrogens is 232 g/mol. The summed E-state index contributed by atoms with van der Waals surface area (Å²) in [5.41, 5.74) is 2.84. The summed E-state index contributed by atoms with van der Waals surface area (Å²) < 4.78 is 0. The van der Waals surface area contributed by atoms with E-state index in [2.05, 4.69) is 55.3 Å². The van der Waals surface area contributed by atoms with Gasteiger partial charge in [-0.05, 0) is 56.8 Å². The van der Waals surface area contributed by atoms with Crippen LogP contribution in [0.3, 0.4) is 0 Å². The summed E-state index contributed by atoms with van der Waals surface area (Å²) in [4.78, 5) is 2.57. The number of aryl methyl sites for hydroxylation is 1. The van der Waals surface area contributed by atoms with Crippen molar-refractivity contribution in [1.29, 1.82) is 0 Å². The maximum atomic E-state index is 3.67. The Morgan fingerprint density at radius 3 is 2.84 bits per heavy atom. The second-order valence-corrected chi connectivity index (χ2v) is 5.74. The molecule has 2 unspecified atom stereocenters. The van der Waals surface area contributed by atoms with E-state index in [1.165, 1.54) is 37.1 Å². The summed E-state index contributed by atoms with van der Waals surface area (Å²) in [6.07, 6.45) is 4.88. The molecule has 2 heteroatoms. The molecule has 1 saturated heterocycles.